The summed E-state index contributed by atoms with van der Waals surface area (Å²) in [5.41, 5.74) is 1.45. The minimum atomic E-state index is -1.51. The summed E-state index contributed by atoms with van der Waals surface area (Å²) < 4.78 is 3.52. The molecule has 34 heavy (non-hydrogen) atoms. The van der Waals surface area contributed by atoms with Crippen molar-refractivity contribution >= 4 is 26.8 Å². The fraction of sp³-hybridized carbons (Fsp3) is 0.360. The molecule has 0 bridgehead atoms. The number of hydrogen-bond acceptors (Lipinski definition) is 4. The molecule has 0 aliphatic rings. The van der Waals surface area contributed by atoms with E-state index in [-0.39, 0.29) is 21.1 Å². The normalized spacial score (nSPS) is 12.5. The van der Waals surface area contributed by atoms with Crippen molar-refractivity contribution in [2.75, 3.05) is 0 Å². The summed E-state index contributed by atoms with van der Waals surface area (Å²) >= 11 is 0. The Labute approximate surface area is 219 Å². The molecule has 4 rings (SSSR count). The Morgan fingerprint density at radius 2 is 1.06 bits per heavy atom. The van der Waals surface area contributed by atoms with Crippen LogP contribution in [0.15, 0.2) is 48.5 Å². The quantitative estimate of drug-likeness (QED) is 0.232. The van der Waals surface area contributed by atoms with Crippen LogP contribution in [0.1, 0.15) is 25.2 Å². The maximum atomic E-state index is 4.95. The Kier molecular flexibility index (Phi) is 7.37. The first-order chi connectivity index (χ1) is 15.4. The second kappa shape index (κ2) is 9.47. The minimum absolute atomic E-state index is 0. The van der Waals surface area contributed by atoms with E-state index < -0.39 is 21.6 Å². The van der Waals surface area contributed by atoms with Crippen molar-refractivity contribution in [2.24, 2.45) is 0 Å². The van der Waals surface area contributed by atoms with Crippen LogP contribution < -0.4 is 10.6 Å². The van der Waals surface area contributed by atoms with Gasteiger partial charge in [-0.2, -0.15) is 0 Å². The Bertz CT molecular complexity index is 1180. The molecule has 4 heterocycles. The summed E-state index contributed by atoms with van der Waals surface area (Å²) in [6, 6.07) is 16.1. The van der Waals surface area contributed by atoms with E-state index in [9.17, 15) is 0 Å². The van der Waals surface area contributed by atoms with Gasteiger partial charge in [0.05, 0.1) is 11.6 Å². The average molecular weight is 668 g/mol. The Hall–Kier alpha value is -2.16. The zero-order valence-corrected chi connectivity index (χ0v) is 25.4. The van der Waals surface area contributed by atoms with Crippen molar-refractivity contribution in [2.45, 2.75) is 58.5 Å². The predicted octanol–water partition coefficient (Wildman–Crippen LogP) is 3.86. The van der Waals surface area contributed by atoms with Gasteiger partial charge in [0.1, 0.15) is 0 Å². The van der Waals surface area contributed by atoms with E-state index in [2.05, 4.69) is 65.5 Å². The van der Waals surface area contributed by atoms with E-state index in [0.717, 1.165) is 33.7 Å². The van der Waals surface area contributed by atoms with Crippen LogP contribution in [0.3, 0.4) is 0 Å². The fourth-order valence-electron chi connectivity index (χ4n) is 3.45. The van der Waals surface area contributed by atoms with Crippen LogP contribution in [-0.2, 0) is 26.5 Å². The van der Waals surface area contributed by atoms with Crippen LogP contribution in [-0.4, -0.2) is 45.7 Å². The van der Waals surface area contributed by atoms with Gasteiger partial charge in [0.25, 0.3) is 0 Å². The van der Waals surface area contributed by atoms with Crippen molar-refractivity contribution in [1.82, 2.24) is 29.5 Å². The van der Waals surface area contributed by atoms with Crippen LogP contribution in [0.5, 0.6) is 0 Å². The zero-order chi connectivity index (χ0) is 24.0. The van der Waals surface area contributed by atoms with Gasteiger partial charge in [0.15, 0.2) is 0 Å². The van der Waals surface area contributed by atoms with E-state index in [4.69, 9.17) is 20.2 Å². The van der Waals surface area contributed by atoms with Crippen LogP contribution in [0.4, 0.5) is 0 Å². The van der Waals surface area contributed by atoms with Crippen molar-refractivity contribution in [3.8, 4) is 11.6 Å². The maximum Gasteiger partial charge on any atom is 2.00 e. The van der Waals surface area contributed by atoms with Gasteiger partial charge in [-0.05, 0) is 36.6 Å². The number of nitrogens with zero attached hydrogens (tertiary/aromatic N) is 6. The SMILES string of the molecule is CC(C)(c1cccc(-n2[c-]cc([Si](C)(C)C)n2)n1)c1cccc(-n2[c-]cc([Si](C)(C)C)n2)n1.[Pt+2]. The molecule has 0 saturated carbocycles. The fourth-order valence-corrected chi connectivity index (χ4v) is 5.25. The molecule has 0 amide bonds. The molecule has 0 aromatic carbocycles. The molecule has 6 nitrogen and oxygen atoms in total. The van der Waals surface area contributed by atoms with Crippen molar-refractivity contribution < 1.29 is 21.1 Å². The Morgan fingerprint density at radius 1 is 0.676 bits per heavy atom. The van der Waals surface area contributed by atoms with Gasteiger partial charge >= 0.3 is 21.1 Å². The van der Waals surface area contributed by atoms with Gasteiger partial charge in [-0.15, -0.1) is 12.1 Å². The molecule has 0 atom stereocenters. The molecule has 0 aliphatic carbocycles. The number of aromatic nitrogens is 6. The van der Waals surface area contributed by atoms with Crippen LogP contribution >= 0.6 is 0 Å². The van der Waals surface area contributed by atoms with Crippen LogP contribution in [0, 0.1) is 12.4 Å². The molecule has 0 fully saturated rings. The molecule has 4 aromatic heterocycles. The number of hydrogen-bond donors (Lipinski definition) is 0. The van der Waals surface area contributed by atoms with Crippen molar-refractivity contribution in [1.29, 1.82) is 0 Å². The summed E-state index contributed by atoms with van der Waals surface area (Å²) in [5, 5.41) is 11.8. The minimum Gasteiger partial charge on any atom is -0.344 e. The Balaban J connectivity index is 0.00000324. The standard InChI is InChI=1S/C25H32N6Si2.Pt/c1-25(2,19-11-9-13-21(26-19)30-17-15-23(28-30)32(3,4)5)20-12-10-14-22(27-20)31-18-16-24(29-31)33(6,7)8;/h9-16H,1-8H3;/q-2;+2. The third-order valence-electron chi connectivity index (χ3n) is 5.78. The summed E-state index contributed by atoms with van der Waals surface area (Å²) in [6.45, 7) is 18.0. The second-order valence-corrected chi connectivity index (χ2v) is 21.1. The average Bonchev–Trinajstić information content (AvgIpc) is 3.44. The number of rotatable bonds is 6. The zero-order valence-electron chi connectivity index (χ0n) is 21.1. The van der Waals surface area contributed by atoms with Crippen LogP contribution in [0.2, 0.25) is 39.3 Å². The molecule has 180 valence electrons. The third-order valence-corrected chi connectivity index (χ3v) is 9.35. The third kappa shape index (κ3) is 5.39. The molecule has 0 saturated heterocycles. The Morgan fingerprint density at radius 3 is 1.38 bits per heavy atom. The van der Waals surface area contributed by atoms with Gasteiger partial charge in [0, 0.05) is 33.0 Å². The van der Waals surface area contributed by atoms with Gasteiger partial charge < -0.3 is 9.36 Å². The van der Waals surface area contributed by atoms with Gasteiger partial charge in [0.2, 0.25) is 0 Å². The first kappa shape index (κ1) is 26.4. The summed E-state index contributed by atoms with van der Waals surface area (Å²) in [5.74, 6) is 1.53. The summed E-state index contributed by atoms with van der Waals surface area (Å²) in [4.78, 5) is 9.89. The predicted molar refractivity (Wildman–Crippen MR) is 138 cm³/mol. The largest absolute Gasteiger partial charge is 2.00 e. The van der Waals surface area contributed by atoms with Crippen molar-refractivity contribution in [3.63, 3.8) is 0 Å². The first-order valence-corrected chi connectivity index (χ1v) is 18.3. The smallest absolute Gasteiger partial charge is 0.344 e. The van der Waals surface area contributed by atoms with Gasteiger partial charge in [-0.1, -0.05) is 75.9 Å². The molecule has 0 spiro atoms. The molecule has 0 N–H and O–H groups in total. The van der Waals surface area contributed by atoms with Crippen LogP contribution in [0.25, 0.3) is 11.6 Å². The van der Waals surface area contributed by atoms with E-state index in [1.54, 1.807) is 9.36 Å². The van der Waals surface area contributed by atoms with E-state index in [0.29, 0.717) is 0 Å². The molecule has 0 unspecified atom stereocenters. The molecule has 0 radical (unpaired) electrons. The van der Waals surface area contributed by atoms with Gasteiger partial charge in [-0.3, -0.25) is 20.2 Å². The first-order valence-electron chi connectivity index (χ1n) is 11.3. The molecule has 4 aromatic rings. The monoisotopic (exact) mass is 667 g/mol. The summed E-state index contributed by atoms with van der Waals surface area (Å²) in [6.07, 6.45) is 6.48. The number of pyridine rings is 2. The van der Waals surface area contributed by atoms with E-state index in [1.165, 1.54) is 0 Å². The summed E-state index contributed by atoms with van der Waals surface area (Å²) in [7, 11) is -3.01. The maximum absolute atomic E-state index is 4.95. The molecular formula is C25H32N6PtSi2. The molecule has 9 heteroatoms. The van der Waals surface area contributed by atoms with Crippen molar-refractivity contribution in [3.05, 3.63) is 72.3 Å². The van der Waals surface area contributed by atoms with E-state index in [1.807, 2.05) is 48.5 Å². The van der Waals surface area contributed by atoms with Gasteiger partial charge in [-0.25, -0.2) is 0 Å². The molecule has 0 aliphatic heterocycles. The topological polar surface area (TPSA) is 61.4 Å². The van der Waals surface area contributed by atoms with E-state index >= 15 is 0 Å². The molecular weight excluding hydrogens is 636 g/mol. The second-order valence-electron chi connectivity index (χ2n) is 11.0.